The lowest BCUT2D eigenvalue weighted by Crippen LogP contribution is -2.42. The Labute approximate surface area is 181 Å². The average Bonchev–Trinajstić information content (AvgIpc) is 3.43. The number of hydrogen-bond acceptors (Lipinski definition) is 6. The highest BCUT2D eigenvalue weighted by molar-refractivity contribution is 7.16. The van der Waals surface area contributed by atoms with E-state index in [1.165, 1.54) is 0 Å². The van der Waals surface area contributed by atoms with Crippen LogP contribution in [0.15, 0.2) is 66.0 Å². The lowest BCUT2D eigenvalue weighted by atomic mass is 10.0. The Balaban J connectivity index is 1.61. The molecule has 1 amide bonds. The Morgan fingerprint density at radius 1 is 1.13 bits per heavy atom. The van der Waals surface area contributed by atoms with Gasteiger partial charge in [-0.15, -0.1) is 22.7 Å². The zero-order valence-corrected chi connectivity index (χ0v) is 17.6. The van der Waals surface area contributed by atoms with Crippen molar-refractivity contribution in [1.29, 1.82) is 5.26 Å². The minimum absolute atomic E-state index is 0.128. The number of nitriles is 1. The lowest BCUT2D eigenvalue weighted by molar-refractivity contribution is 0.0975. The average molecular weight is 429 g/mol. The fourth-order valence-electron chi connectivity index (χ4n) is 3.54. The first-order valence-electron chi connectivity index (χ1n) is 9.35. The van der Waals surface area contributed by atoms with Gasteiger partial charge in [-0.1, -0.05) is 18.2 Å². The molecule has 0 radical (unpaired) electrons. The van der Waals surface area contributed by atoms with E-state index in [-0.39, 0.29) is 12.1 Å². The van der Waals surface area contributed by atoms with Crippen LogP contribution >= 0.6 is 22.7 Å². The van der Waals surface area contributed by atoms with Crippen molar-refractivity contribution in [3.05, 3.63) is 87.1 Å². The Morgan fingerprint density at radius 3 is 2.70 bits per heavy atom. The predicted molar refractivity (Wildman–Crippen MR) is 121 cm³/mol. The largest absolute Gasteiger partial charge is 0.360 e. The fraction of sp³-hybridized carbons (Fsp3) is 0.0870. The molecule has 1 aliphatic rings. The number of aryl methyl sites for hydroxylation is 1. The second-order valence-electron chi connectivity index (χ2n) is 6.88. The van der Waals surface area contributed by atoms with Gasteiger partial charge in [0, 0.05) is 21.6 Å². The summed E-state index contributed by atoms with van der Waals surface area (Å²) in [7, 11) is 0. The number of hydrogen-bond donors (Lipinski definition) is 1. The molecule has 0 fully saturated rings. The Kier molecular flexibility index (Phi) is 4.58. The van der Waals surface area contributed by atoms with Crippen molar-refractivity contribution in [1.82, 2.24) is 4.98 Å². The third-order valence-electron chi connectivity index (χ3n) is 4.95. The summed E-state index contributed by atoms with van der Waals surface area (Å²) in [4.78, 5) is 21.9. The molecule has 1 atom stereocenters. The number of nitrogens with zero attached hydrogens (tertiary/aromatic N) is 3. The molecule has 3 heterocycles. The van der Waals surface area contributed by atoms with Crippen LogP contribution in [0.5, 0.6) is 0 Å². The summed E-state index contributed by atoms with van der Waals surface area (Å²) in [5.41, 5.74) is 3.46. The molecule has 0 bridgehead atoms. The van der Waals surface area contributed by atoms with Crippen LogP contribution in [-0.4, -0.2) is 10.9 Å². The number of carbonyl (C=O) groups is 1. The topological polar surface area (TPSA) is 69.0 Å². The molecule has 7 heteroatoms. The van der Waals surface area contributed by atoms with Crippen LogP contribution in [0.4, 0.5) is 11.4 Å². The molecule has 1 N–H and O–H groups in total. The van der Waals surface area contributed by atoms with Gasteiger partial charge in [-0.2, -0.15) is 5.26 Å². The van der Waals surface area contributed by atoms with Gasteiger partial charge in [0.25, 0.3) is 5.91 Å². The first-order chi connectivity index (χ1) is 14.6. The number of nitrogens with one attached hydrogen (secondary N) is 1. The number of thiazole rings is 1. The van der Waals surface area contributed by atoms with E-state index in [1.54, 1.807) is 45.8 Å². The first kappa shape index (κ1) is 18.6. The maximum atomic E-state index is 13.5. The molecule has 2 aromatic heterocycles. The lowest BCUT2D eigenvalue weighted by Gasteiger charge is -2.37. The van der Waals surface area contributed by atoms with Crippen LogP contribution in [0.2, 0.25) is 0 Å². The number of amides is 1. The van der Waals surface area contributed by atoms with Gasteiger partial charge < -0.3 is 5.32 Å². The summed E-state index contributed by atoms with van der Waals surface area (Å²) in [5.74, 6) is -0.128. The van der Waals surface area contributed by atoms with Crippen LogP contribution in [0, 0.1) is 18.3 Å². The molecule has 30 heavy (non-hydrogen) atoms. The number of anilines is 2. The number of thiophene rings is 1. The number of aromatic nitrogens is 1. The molecule has 5 rings (SSSR count). The van der Waals surface area contributed by atoms with E-state index in [0.717, 1.165) is 31.8 Å². The van der Waals surface area contributed by atoms with Gasteiger partial charge in [-0.3, -0.25) is 9.69 Å². The van der Waals surface area contributed by atoms with E-state index < -0.39 is 0 Å². The van der Waals surface area contributed by atoms with E-state index in [2.05, 4.69) is 27.8 Å². The number of fused-ring (bicyclic) bond motifs is 1. The van der Waals surface area contributed by atoms with Crippen LogP contribution in [0.25, 0.3) is 10.6 Å². The van der Waals surface area contributed by atoms with Gasteiger partial charge in [-0.05, 0) is 49.4 Å². The Hall–Kier alpha value is -3.47. The summed E-state index contributed by atoms with van der Waals surface area (Å²) >= 11 is 3.25. The van der Waals surface area contributed by atoms with Crippen molar-refractivity contribution < 1.29 is 4.79 Å². The molecule has 0 aliphatic carbocycles. The Morgan fingerprint density at radius 2 is 1.97 bits per heavy atom. The maximum absolute atomic E-state index is 13.5. The molecule has 146 valence electrons. The van der Waals surface area contributed by atoms with Crippen LogP contribution in [-0.2, 0) is 0 Å². The second kappa shape index (κ2) is 7.41. The van der Waals surface area contributed by atoms with Crippen molar-refractivity contribution in [2.24, 2.45) is 0 Å². The molecule has 1 unspecified atom stereocenters. The number of rotatable bonds is 3. The molecule has 0 saturated heterocycles. The third kappa shape index (κ3) is 3.16. The van der Waals surface area contributed by atoms with Crippen molar-refractivity contribution >= 4 is 40.0 Å². The van der Waals surface area contributed by atoms with Gasteiger partial charge >= 0.3 is 0 Å². The molecular formula is C23H16N4OS2. The quantitative estimate of drug-likeness (QED) is 0.446. The van der Waals surface area contributed by atoms with E-state index >= 15 is 0 Å². The molecular weight excluding hydrogens is 412 g/mol. The van der Waals surface area contributed by atoms with E-state index in [0.29, 0.717) is 11.1 Å². The molecule has 5 nitrogen and oxygen atoms in total. The summed E-state index contributed by atoms with van der Waals surface area (Å²) in [6.45, 7) is 1.99. The zero-order valence-electron chi connectivity index (χ0n) is 16.0. The van der Waals surface area contributed by atoms with Gasteiger partial charge in [0.2, 0.25) is 0 Å². The highest BCUT2D eigenvalue weighted by atomic mass is 32.1. The first-order valence-corrected chi connectivity index (χ1v) is 11.1. The fourth-order valence-corrected chi connectivity index (χ4v) is 5.24. The van der Waals surface area contributed by atoms with Crippen molar-refractivity contribution in [3.8, 4) is 16.6 Å². The SMILES string of the molecule is Cc1nc(-c2ccc(C3Nc4ccc(C#N)cc4C(=O)N3c3ccccc3)s2)cs1. The summed E-state index contributed by atoms with van der Waals surface area (Å²) in [6.07, 6.45) is -0.348. The molecule has 2 aromatic carbocycles. The number of benzene rings is 2. The monoisotopic (exact) mass is 428 g/mol. The highest BCUT2D eigenvalue weighted by Crippen LogP contribution is 2.41. The van der Waals surface area contributed by atoms with Crippen molar-refractivity contribution in [2.45, 2.75) is 13.1 Å². The molecule has 0 spiro atoms. The second-order valence-corrected chi connectivity index (χ2v) is 9.06. The third-order valence-corrected chi connectivity index (χ3v) is 6.88. The van der Waals surface area contributed by atoms with Crippen molar-refractivity contribution in [3.63, 3.8) is 0 Å². The van der Waals surface area contributed by atoms with Gasteiger partial charge in [0.05, 0.1) is 32.8 Å². The van der Waals surface area contributed by atoms with Gasteiger partial charge in [0.15, 0.2) is 0 Å². The predicted octanol–water partition coefficient (Wildman–Crippen LogP) is 5.82. The van der Waals surface area contributed by atoms with E-state index in [1.807, 2.05) is 43.3 Å². The van der Waals surface area contributed by atoms with Crippen LogP contribution < -0.4 is 10.2 Å². The number of para-hydroxylation sites is 1. The summed E-state index contributed by atoms with van der Waals surface area (Å²) in [6, 6.07) is 21.0. The van der Waals surface area contributed by atoms with Crippen molar-refractivity contribution in [2.75, 3.05) is 10.2 Å². The minimum Gasteiger partial charge on any atom is -0.360 e. The maximum Gasteiger partial charge on any atom is 0.262 e. The van der Waals surface area contributed by atoms with Crippen LogP contribution in [0.1, 0.15) is 32.0 Å². The van der Waals surface area contributed by atoms with Crippen LogP contribution in [0.3, 0.4) is 0 Å². The smallest absolute Gasteiger partial charge is 0.262 e. The normalized spacial score (nSPS) is 15.4. The van der Waals surface area contributed by atoms with Gasteiger partial charge in [-0.25, -0.2) is 4.98 Å². The summed E-state index contributed by atoms with van der Waals surface area (Å²) in [5, 5.41) is 15.8. The standard InChI is InChI=1S/C23H16N4OS2/c1-14-25-19(13-29-14)20-9-10-21(30-20)22-26-18-8-7-15(12-24)11-17(18)23(28)27(22)16-5-3-2-4-6-16/h2-11,13,22,26H,1H3. The Bertz CT molecular complexity index is 1290. The van der Waals surface area contributed by atoms with Gasteiger partial charge in [0.1, 0.15) is 6.17 Å². The van der Waals surface area contributed by atoms with E-state index in [9.17, 15) is 10.1 Å². The highest BCUT2D eigenvalue weighted by Gasteiger charge is 2.35. The zero-order chi connectivity index (χ0) is 20.7. The minimum atomic E-state index is -0.348. The molecule has 4 aromatic rings. The number of carbonyl (C=O) groups excluding carboxylic acids is 1. The molecule has 1 aliphatic heterocycles. The van der Waals surface area contributed by atoms with E-state index in [4.69, 9.17) is 0 Å². The summed E-state index contributed by atoms with van der Waals surface area (Å²) < 4.78 is 0. The molecule has 0 saturated carbocycles.